The van der Waals surface area contributed by atoms with Crippen molar-refractivity contribution in [1.82, 2.24) is 10.7 Å². The Kier molecular flexibility index (Phi) is 1.02. The van der Waals surface area contributed by atoms with Gasteiger partial charge in [-0.15, -0.1) is 0 Å². The molecule has 0 aromatic carbocycles. The van der Waals surface area contributed by atoms with Gasteiger partial charge in [0, 0.05) is 6.08 Å². The molecule has 0 unspecified atom stereocenters. The minimum atomic E-state index is 0.972. The average molecular weight is 123 g/mol. The summed E-state index contributed by atoms with van der Waals surface area (Å²) in [6.45, 7) is 3.04. The third kappa shape index (κ3) is 0.733. The Morgan fingerprint density at radius 3 is 3.56 bits per heavy atom. The molecule has 0 amide bonds. The second-order valence-electron chi connectivity index (χ2n) is 2.22. The molecule has 0 bridgehead atoms. The minimum Gasteiger partial charge on any atom is -0.301 e. The van der Waals surface area contributed by atoms with E-state index in [0.717, 1.165) is 19.6 Å². The first-order valence-electron chi connectivity index (χ1n) is 3.18. The molecule has 0 saturated carbocycles. The Morgan fingerprint density at radius 2 is 2.67 bits per heavy atom. The van der Waals surface area contributed by atoms with Crippen LogP contribution in [0.15, 0.2) is 12.3 Å². The fourth-order valence-electron chi connectivity index (χ4n) is 1.11. The molecule has 3 heteroatoms. The Hall–Kier alpha value is -0.830. The topological polar surface area (TPSA) is 29.1 Å². The summed E-state index contributed by atoms with van der Waals surface area (Å²) in [6, 6.07) is 0. The van der Waals surface area contributed by atoms with Crippen LogP contribution in [0.1, 0.15) is 0 Å². The lowest BCUT2D eigenvalue weighted by Gasteiger charge is -2.05. The van der Waals surface area contributed by atoms with E-state index in [1.807, 2.05) is 17.0 Å². The lowest BCUT2D eigenvalue weighted by molar-refractivity contribution is -0.579. The van der Waals surface area contributed by atoms with Crippen molar-refractivity contribution in [2.75, 3.05) is 19.6 Å². The summed E-state index contributed by atoms with van der Waals surface area (Å²) in [5.74, 6) is 0. The molecule has 2 heterocycles. The monoisotopic (exact) mass is 123 g/mol. The van der Waals surface area contributed by atoms with E-state index in [1.165, 1.54) is 5.71 Å². The molecule has 2 rings (SSSR count). The van der Waals surface area contributed by atoms with Crippen LogP contribution < -0.4 is 10.7 Å². The Morgan fingerprint density at radius 1 is 1.67 bits per heavy atom. The Balaban J connectivity index is 2.24. The Bertz CT molecular complexity index is 181. The quantitative estimate of drug-likeness (QED) is 0.415. The molecule has 0 aromatic rings. The largest absolute Gasteiger partial charge is 0.301 e. The molecule has 9 heavy (non-hydrogen) atoms. The first-order valence-corrected chi connectivity index (χ1v) is 3.18. The van der Waals surface area contributed by atoms with Crippen molar-refractivity contribution in [3.63, 3.8) is 0 Å². The highest BCUT2D eigenvalue weighted by Gasteiger charge is 2.21. The van der Waals surface area contributed by atoms with Crippen molar-refractivity contribution in [3.05, 3.63) is 12.3 Å². The number of hydrogen-bond donors (Lipinski definition) is 1. The van der Waals surface area contributed by atoms with Gasteiger partial charge in [0.1, 0.15) is 6.20 Å². The van der Waals surface area contributed by atoms with Gasteiger partial charge in [0.05, 0.1) is 13.1 Å². The number of nitrogens with one attached hydrogen (secondary N) is 1. The average Bonchev–Trinajstić information content (AvgIpc) is 2.33. The van der Waals surface area contributed by atoms with Crippen molar-refractivity contribution in [2.24, 2.45) is 0 Å². The highest BCUT2D eigenvalue weighted by atomic mass is 15.4. The fourth-order valence-corrected chi connectivity index (χ4v) is 1.11. The summed E-state index contributed by atoms with van der Waals surface area (Å²) in [5.41, 5.74) is 5.43. The molecular formula is C6H9N3+. The number of nitrogens with zero attached hydrogens (tertiary/aromatic N) is 2. The normalized spacial score (nSPS) is 24.0. The van der Waals surface area contributed by atoms with Crippen LogP contribution in [-0.2, 0) is 0 Å². The molecule has 0 fully saturated rings. The molecule has 0 aromatic heterocycles. The molecule has 3 nitrogen and oxygen atoms in total. The summed E-state index contributed by atoms with van der Waals surface area (Å²) in [7, 11) is 0. The van der Waals surface area contributed by atoms with Gasteiger partial charge in [0.25, 0.3) is 0 Å². The molecule has 1 N–H and O–H groups in total. The van der Waals surface area contributed by atoms with E-state index >= 15 is 0 Å². The lowest BCUT2D eigenvalue weighted by atomic mass is 10.3. The summed E-state index contributed by atoms with van der Waals surface area (Å²) >= 11 is 0. The molecule has 0 saturated heterocycles. The maximum absolute atomic E-state index is 4.13. The first kappa shape index (κ1) is 4.99. The lowest BCUT2D eigenvalue weighted by Crippen LogP contribution is -2.40. The van der Waals surface area contributed by atoms with Crippen LogP contribution in [0.4, 0.5) is 0 Å². The summed E-state index contributed by atoms with van der Waals surface area (Å²) < 4.78 is 2.04. The smallest absolute Gasteiger partial charge is 0.224 e. The van der Waals surface area contributed by atoms with Crippen LogP contribution >= 0.6 is 0 Å². The highest BCUT2D eigenvalue weighted by molar-refractivity contribution is 5.93. The van der Waals surface area contributed by atoms with Crippen LogP contribution in [0.25, 0.3) is 0 Å². The van der Waals surface area contributed by atoms with Gasteiger partial charge in [-0.3, -0.25) is 0 Å². The van der Waals surface area contributed by atoms with Gasteiger partial charge >= 0.3 is 0 Å². The van der Waals surface area contributed by atoms with Crippen LogP contribution in [0.2, 0.25) is 0 Å². The van der Waals surface area contributed by atoms with Gasteiger partial charge in [0.2, 0.25) is 5.71 Å². The molecule has 2 aliphatic rings. The number of hydrogen-bond acceptors (Lipinski definition) is 1. The van der Waals surface area contributed by atoms with Gasteiger partial charge in [-0.05, 0) is 5.43 Å². The van der Waals surface area contributed by atoms with E-state index in [0.29, 0.717) is 0 Å². The summed E-state index contributed by atoms with van der Waals surface area (Å²) in [6.07, 6.45) is 3.90. The van der Waals surface area contributed by atoms with E-state index < -0.39 is 0 Å². The van der Waals surface area contributed by atoms with Crippen molar-refractivity contribution < 1.29 is 4.68 Å². The maximum Gasteiger partial charge on any atom is 0.224 e. The van der Waals surface area contributed by atoms with Crippen molar-refractivity contribution in [1.29, 1.82) is 0 Å². The predicted octanol–water partition coefficient (Wildman–Crippen LogP) is -0.910. The van der Waals surface area contributed by atoms with Crippen LogP contribution in [0.3, 0.4) is 0 Å². The zero-order valence-electron chi connectivity index (χ0n) is 5.17. The molecule has 0 spiro atoms. The zero-order valence-corrected chi connectivity index (χ0v) is 5.17. The molecule has 0 aliphatic carbocycles. The van der Waals surface area contributed by atoms with E-state index in [4.69, 9.17) is 0 Å². The second kappa shape index (κ2) is 1.84. The summed E-state index contributed by atoms with van der Waals surface area (Å²) in [4.78, 5) is 0. The van der Waals surface area contributed by atoms with Gasteiger partial charge in [0.15, 0.2) is 6.54 Å². The van der Waals surface area contributed by atoms with Crippen LogP contribution in [-0.4, -0.2) is 30.0 Å². The summed E-state index contributed by atoms with van der Waals surface area (Å²) in [5, 5.41) is 3.27. The van der Waals surface area contributed by atoms with Crippen molar-refractivity contribution >= 4 is 5.71 Å². The van der Waals surface area contributed by atoms with Gasteiger partial charge in [-0.2, -0.15) is 0 Å². The van der Waals surface area contributed by atoms with E-state index in [9.17, 15) is 0 Å². The van der Waals surface area contributed by atoms with Gasteiger partial charge in [-0.25, -0.2) is 0 Å². The third-order valence-corrected chi connectivity index (χ3v) is 1.61. The molecule has 1 radical (unpaired) electrons. The number of rotatable bonds is 0. The van der Waals surface area contributed by atoms with E-state index in [2.05, 4.69) is 10.7 Å². The Labute approximate surface area is 54.0 Å². The molecule has 47 valence electrons. The van der Waals surface area contributed by atoms with Gasteiger partial charge < -0.3 is 5.32 Å². The molecule has 0 atom stereocenters. The predicted molar refractivity (Wildman–Crippen MR) is 34.3 cm³/mol. The van der Waals surface area contributed by atoms with Crippen molar-refractivity contribution in [2.45, 2.75) is 0 Å². The third-order valence-electron chi connectivity index (χ3n) is 1.61. The first-order chi connectivity index (χ1) is 4.47. The van der Waals surface area contributed by atoms with Crippen LogP contribution in [0, 0.1) is 0 Å². The maximum atomic E-state index is 4.13. The van der Waals surface area contributed by atoms with Crippen LogP contribution in [0.5, 0.6) is 0 Å². The van der Waals surface area contributed by atoms with Gasteiger partial charge in [-0.1, -0.05) is 4.68 Å². The van der Waals surface area contributed by atoms with Crippen molar-refractivity contribution in [3.8, 4) is 0 Å². The minimum absolute atomic E-state index is 0.972. The fraction of sp³-hybridized carbons (Fsp3) is 0.500. The second-order valence-corrected chi connectivity index (χ2v) is 2.22. The SMILES string of the molecule is C1=CC2=[N+](CCNC2)[N]1. The highest BCUT2D eigenvalue weighted by Crippen LogP contribution is 1.93. The molecule has 2 aliphatic heterocycles. The standard InChI is InChI=1S/C6H9N3/c1-2-8-9-4-3-7-5-6(1)9/h1-2,7H,3-5H2/q+1. The zero-order chi connectivity index (χ0) is 6.10. The van der Waals surface area contributed by atoms with E-state index in [1.54, 1.807) is 0 Å². The van der Waals surface area contributed by atoms with E-state index in [-0.39, 0.29) is 0 Å². The molecular weight excluding hydrogens is 114 g/mol.